The summed E-state index contributed by atoms with van der Waals surface area (Å²) in [6, 6.07) is 0. The Morgan fingerprint density at radius 3 is 2.73 bits per heavy atom. The summed E-state index contributed by atoms with van der Waals surface area (Å²) in [6.07, 6.45) is 1.76. The Hall–Kier alpha value is -0.550. The topological polar surface area (TPSA) is 42.0 Å². The lowest BCUT2D eigenvalue weighted by atomic mass is 10.3. The average Bonchev–Trinajstić information content (AvgIpc) is 2.47. The van der Waals surface area contributed by atoms with E-state index in [4.69, 9.17) is 0 Å². The van der Waals surface area contributed by atoms with Crippen molar-refractivity contribution in [3.63, 3.8) is 0 Å². The molecule has 3 nitrogen and oxygen atoms in total. The largest absolute Gasteiger partial charge is 0.301 e. The molecule has 0 radical (unpaired) electrons. The van der Waals surface area contributed by atoms with Gasteiger partial charge in [-0.05, 0) is 6.92 Å². The molecular weight excluding hydrogens is 228 g/mol. The molecule has 5 heteroatoms. The van der Waals surface area contributed by atoms with Gasteiger partial charge in [0.25, 0.3) is 0 Å². The van der Waals surface area contributed by atoms with Crippen molar-refractivity contribution >= 4 is 34.1 Å². The van der Waals surface area contributed by atoms with Crippen LogP contribution < -0.4 is 5.32 Å². The first kappa shape index (κ1) is 12.5. The first-order valence-electron chi connectivity index (χ1n) is 4.73. The summed E-state index contributed by atoms with van der Waals surface area (Å²) in [7, 11) is 0. The summed E-state index contributed by atoms with van der Waals surface area (Å²) in [5.74, 6) is 0.492. The standard InChI is InChI=1S/C10H16N2OS2/c1-7-5-11-9(15-7)12-8(13)6-14-10(2,3)4/h5H,6H2,1-4H3,(H,11,12,13). The molecule has 84 valence electrons. The minimum atomic E-state index is 0.0178. The number of thiazole rings is 1. The second kappa shape index (κ2) is 4.99. The molecule has 0 spiro atoms. The van der Waals surface area contributed by atoms with Crippen LogP contribution in [0.2, 0.25) is 0 Å². The number of hydrogen-bond acceptors (Lipinski definition) is 4. The lowest BCUT2D eigenvalue weighted by Gasteiger charge is -2.16. The highest BCUT2D eigenvalue weighted by Crippen LogP contribution is 2.23. The maximum atomic E-state index is 11.5. The predicted molar refractivity (Wildman–Crippen MR) is 67.7 cm³/mol. The molecule has 0 aromatic carbocycles. The van der Waals surface area contributed by atoms with Crippen LogP contribution in [-0.2, 0) is 4.79 Å². The van der Waals surface area contributed by atoms with Crippen LogP contribution in [-0.4, -0.2) is 21.4 Å². The Kier molecular flexibility index (Phi) is 4.16. The monoisotopic (exact) mass is 244 g/mol. The van der Waals surface area contributed by atoms with Crippen molar-refractivity contribution in [2.75, 3.05) is 11.1 Å². The molecule has 0 saturated carbocycles. The van der Waals surface area contributed by atoms with Crippen molar-refractivity contribution in [1.82, 2.24) is 4.98 Å². The van der Waals surface area contributed by atoms with Crippen molar-refractivity contribution in [1.29, 1.82) is 0 Å². The van der Waals surface area contributed by atoms with E-state index < -0.39 is 0 Å². The highest BCUT2D eigenvalue weighted by Gasteiger charge is 2.13. The van der Waals surface area contributed by atoms with Gasteiger partial charge in [-0.25, -0.2) is 4.98 Å². The van der Waals surface area contributed by atoms with Crippen molar-refractivity contribution in [3.05, 3.63) is 11.1 Å². The average molecular weight is 244 g/mol. The van der Waals surface area contributed by atoms with Gasteiger partial charge >= 0.3 is 0 Å². The number of aryl methyl sites for hydroxylation is 1. The predicted octanol–water partition coefficient (Wildman–Crippen LogP) is 2.92. The normalized spacial score (nSPS) is 11.5. The van der Waals surface area contributed by atoms with Crippen molar-refractivity contribution in [2.24, 2.45) is 0 Å². The number of amides is 1. The number of aromatic nitrogens is 1. The zero-order valence-electron chi connectivity index (χ0n) is 9.46. The molecule has 1 aromatic heterocycles. The van der Waals surface area contributed by atoms with E-state index in [-0.39, 0.29) is 10.7 Å². The molecule has 0 aliphatic heterocycles. The van der Waals surface area contributed by atoms with E-state index in [2.05, 4.69) is 31.1 Å². The molecule has 1 amide bonds. The van der Waals surface area contributed by atoms with Gasteiger partial charge in [0.2, 0.25) is 5.91 Å². The number of carbonyl (C=O) groups is 1. The van der Waals surface area contributed by atoms with Gasteiger partial charge < -0.3 is 5.32 Å². The number of anilines is 1. The number of rotatable bonds is 3. The molecular formula is C10H16N2OS2. The second-order valence-electron chi connectivity index (χ2n) is 4.23. The van der Waals surface area contributed by atoms with E-state index in [1.165, 1.54) is 11.3 Å². The van der Waals surface area contributed by atoms with E-state index in [1.54, 1.807) is 18.0 Å². The number of hydrogen-bond donors (Lipinski definition) is 1. The molecule has 0 bridgehead atoms. The maximum absolute atomic E-state index is 11.5. The summed E-state index contributed by atoms with van der Waals surface area (Å²) >= 11 is 3.13. The van der Waals surface area contributed by atoms with E-state index in [9.17, 15) is 4.79 Å². The van der Waals surface area contributed by atoms with Crippen LogP contribution in [0.1, 0.15) is 25.6 Å². The van der Waals surface area contributed by atoms with E-state index in [0.717, 1.165) is 4.88 Å². The SMILES string of the molecule is Cc1cnc(NC(=O)CSC(C)(C)C)s1. The number of thioether (sulfide) groups is 1. The Bertz CT molecular complexity index is 341. The molecule has 0 unspecified atom stereocenters. The fourth-order valence-electron chi connectivity index (χ4n) is 0.850. The van der Waals surface area contributed by atoms with Gasteiger partial charge in [0.15, 0.2) is 5.13 Å². The quantitative estimate of drug-likeness (QED) is 0.889. The molecule has 1 rings (SSSR count). The molecule has 1 aromatic rings. The third-order valence-corrected chi connectivity index (χ3v) is 3.60. The maximum Gasteiger partial charge on any atom is 0.236 e. The molecule has 1 heterocycles. The zero-order chi connectivity index (χ0) is 11.5. The van der Waals surface area contributed by atoms with E-state index in [1.807, 2.05) is 6.92 Å². The zero-order valence-corrected chi connectivity index (χ0v) is 11.1. The van der Waals surface area contributed by atoms with E-state index >= 15 is 0 Å². The van der Waals surface area contributed by atoms with Gasteiger partial charge in [-0.2, -0.15) is 0 Å². The minimum Gasteiger partial charge on any atom is -0.301 e. The van der Waals surface area contributed by atoms with Gasteiger partial charge in [-0.3, -0.25) is 4.79 Å². The van der Waals surface area contributed by atoms with Crippen LogP contribution in [0.25, 0.3) is 0 Å². The van der Waals surface area contributed by atoms with Crippen LogP contribution in [0.4, 0.5) is 5.13 Å². The van der Waals surface area contributed by atoms with Crippen molar-refractivity contribution in [3.8, 4) is 0 Å². The van der Waals surface area contributed by atoms with Crippen molar-refractivity contribution in [2.45, 2.75) is 32.4 Å². The van der Waals surface area contributed by atoms with Gasteiger partial charge in [0.1, 0.15) is 0 Å². The molecule has 1 N–H and O–H groups in total. The lowest BCUT2D eigenvalue weighted by Crippen LogP contribution is -2.18. The highest BCUT2D eigenvalue weighted by atomic mass is 32.2. The Morgan fingerprint density at radius 2 is 2.27 bits per heavy atom. The Labute approximate surface area is 98.7 Å². The van der Waals surface area contributed by atoms with Crippen LogP contribution in [0.3, 0.4) is 0 Å². The molecule has 0 fully saturated rings. The number of carbonyl (C=O) groups excluding carboxylic acids is 1. The first-order chi connectivity index (χ1) is 6.87. The van der Waals surface area contributed by atoms with Crippen LogP contribution in [0.5, 0.6) is 0 Å². The molecule has 0 saturated heterocycles. The molecule has 15 heavy (non-hydrogen) atoms. The van der Waals surface area contributed by atoms with Gasteiger partial charge in [-0.1, -0.05) is 20.8 Å². The molecule has 0 aliphatic carbocycles. The highest BCUT2D eigenvalue weighted by molar-refractivity contribution is 8.01. The Morgan fingerprint density at radius 1 is 1.60 bits per heavy atom. The molecule has 0 atom stereocenters. The van der Waals surface area contributed by atoms with Gasteiger partial charge in [-0.15, -0.1) is 23.1 Å². The van der Waals surface area contributed by atoms with Crippen LogP contribution >= 0.6 is 23.1 Å². The second-order valence-corrected chi connectivity index (χ2v) is 7.26. The summed E-state index contributed by atoms with van der Waals surface area (Å²) in [5.41, 5.74) is 0. The third kappa shape index (κ3) is 5.18. The van der Waals surface area contributed by atoms with E-state index in [0.29, 0.717) is 10.9 Å². The third-order valence-electron chi connectivity index (χ3n) is 1.50. The van der Waals surface area contributed by atoms with Gasteiger partial charge in [0, 0.05) is 15.8 Å². The number of nitrogens with zero attached hydrogens (tertiary/aromatic N) is 1. The summed E-state index contributed by atoms with van der Waals surface area (Å²) in [5, 5.41) is 3.47. The summed E-state index contributed by atoms with van der Waals surface area (Å²) in [6.45, 7) is 8.26. The fraction of sp³-hybridized carbons (Fsp3) is 0.600. The molecule has 0 aliphatic rings. The van der Waals surface area contributed by atoms with Crippen molar-refractivity contribution < 1.29 is 4.79 Å². The summed E-state index contributed by atoms with van der Waals surface area (Å²) in [4.78, 5) is 16.7. The van der Waals surface area contributed by atoms with Crippen LogP contribution in [0, 0.1) is 6.92 Å². The van der Waals surface area contributed by atoms with Crippen LogP contribution in [0.15, 0.2) is 6.20 Å². The lowest BCUT2D eigenvalue weighted by molar-refractivity contribution is -0.113. The smallest absolute Gasteiger partial charge is 0.236 e. The van der Waals surface area contributed by atoms with Gasteiger partial charge in [0.05, 0.1) is 5.75 Å². The first-order valence-corrected chi connectivity index (χ1v) is 6.53. The number of nitrogens with one attached hydrogen (secondary N) is 1. The minimum absolute atomic E-state index is 0.0178. The fourth-order valence-corrected chi connectivity index (χ4v) is 2.17. The Balaban J connectivity index is 2.37. The summed E-state index contributed by atoms with van der Waals surface area (Å²) < 4.78 is 0.121.